The molecule has 0 saturated heterocycles. The monoisotopic (exact) mass is 442 g/mol. The van der Waals surface area contributed by atoms with Gasteiger partial charge in [-0.2, -0.15) is 0 Å². The molecular formula is C23H23FN2O4S. The van der Waals surface area contributed by atoms with Crippen molar-refractivity contribution in [2.45, 2.75) is 20.3 Å². The first-order chi connectivity index (χ1) is 14.6. The molecule has 31 heavy (non-hydrogen) atoms. The summed E-state index contributed by atoms with van der Waals surface area (Å²) in [6, 6.07) is 11.0. The maximum absolute atomic E-state index is 14.4. The number of benzene rings is 2. The minimum absolute atomic E-state index is 0.0341. The highest BCUT2D eigenvalue weighted by molar-refractivity contribution is 7.95. The molecule has 162 valence electrons. The fourth-order valence-electron chi connectivity index (χ4n) is 3.10. The van der Waals surface area contributed by atoms with E-state index in [4.69, 9.17) is 4.74 Å². The van der Waals surface area contributed by atoms with Gasteiger partial charge in [0.25, 0.3) is 15.6 Å². The summed E-state index contributed by atoms with van der Waals surface area (Å²) >= 11 is 0. The lowest BCUT2D eigenvalue weighted by molar-refractivity contribution is 0.443. The summed E-state index contributed by atoms with van der Waals surface area (Å²) in [6.07, 6.45) is 2.15. The minimum Gasteiger partial charge on any atom is -0.454 e. The molecule has 0 aliphatic heterocycles. The quantitative estimate of drug-likeness (QED) is 0.573. The summed E-state index contributed by atoms with van der Waals surface area (Å²) in [7, 11) is -2.09. The Morgan fingerprint density at radius 1 is 1.16 bits per heavy atom. The third-order valence-corrected chi connectivity index (χ3v) is 5.67. The predicted octanol–water partition coefficient (Wildman–Crippen LogP) is 4.74. The molecule has 1 N–H and O–H groups in total. The maximum atomic E-state index is 14.4. The van der Waals surface area contributed by atoms with Crippen molar-refractivity contribution >= 4 is 15.7 Å². The second kappa shape index (κ2) is 8.77. The van der Waals surface area contributed by atoms with Crippen LogP contribution in [0.3, 0.4) is 0 Å². The van der Waals surface area contributed by atoms with Crippen LogP contribution in [-0.4, -0.2) is 13.0 Å². The second-order valence-electron chi connectivity index (χ2n) is 7.08. The molecule has 0 aliphatic carbocycles. The molecule has 0 unspecified atom stereocenters. The number of hydrogen-bond donors (Lipinski definition) is 1. The van der Waals surface area contributed by atoms with Crippen molar-refractivity contribution in [1.82, 2.24) is 4.57 Å². The van der Waals surface area contributed by atoms with Gasteiger partial charge in [0.1, 0.15) is 5.75 Å². The molecule has 0 atom stereocenters. The van der Waals surface area contributed by atoms with Gasteiger partial charge in [0, 0.05) is 41.0 Å². The van der Waals surface area contributed by atoms with Gasteiger partial charge in [-0.15, -0.1) is 0 Å². The smallest absolute Gasteiger partial charge is 0.254 e. The third kappa shape index (κ3) is 5.03. The molecular weight excluding hydrogens is 419 g/mol. The Morgan fingerprint density at radius 2 is 1.87 bits per heavy atom. The van der Waals surface area contributed by atoms with Crippen LogP contribution in [0.25, 0.3) is 11.1 Å². The molecule has 0 saturated carbocycles. The van der Waals surface area contributed by atoms with E-state index in [0.29, 0.717) is 28.9 Å². The van der Waals surface area contributed by atoms with Gasteiger partial charge in [-0.05, 0) is 55.3 Å². The van der Waals surface area contributed by atoms with Crippen molar-refractivity contribution in [2.75, 3.05) is 4.72 Å². The van der Waals surface area contributed by atoms with Crippen molar-refractivity contribution in [1.29, 1.82) is 0 Å². The molecule has 1 aromatic heterocycles. The minimum atomic E-state index is -3.72. The van der Waals surface area contributed by atoms with Gasteiger partial charge in [0.15, 0.2) is 11.6 Å². The number of aromatic nitrogens is 1. The van der Waals surface area contributed by atoms with Gasteiger partial charge in [-0.25, -0.2) is 12.8 Å². The highest BCUT2D eigenvalue weighted by Gasteiger charge is 2.15. The van der Waals surface area contributed by atoms with Crippen molar-refractivity contribution in [3.05, 3.63) is 87.9 Å². The summed E-state index contributed by atoms with van der Waals surface area (Å²) in [5.41, 5.74) is 2.62. The number of nitrogens with zero attached hydrogens (tertiary/aromatic N) is 1. The SMILES string of the molecule is C=CS(=O)(=O)Nc1ccc(Oc2ccc(C)cc2F)c(-c2cc(CC)c(=O)n(C)c2)c1. The van der Waals surface area contributed by atoms with Gasteiger partial charge in [-0.3, -0.25) is 9.52 Å². The molecule has 2 aromatic carbocycles. The Hall–Kier alpha value is -3.39. The van der Waals surface area contributed by atoms with E-state index in [1.165, 1.54) is 22.8 Å². The van der Waals surface area contributed by atoms with Crippen LogP contribution in [0.2, 0.25) is 0 Å². The second-order valence-corrected chi connectivity index (χ2v) is 8.71. The van der Waals surface area contributed by atoms with Crippen molar-refractivity contribution in [3.63, 3.8) is 0 Å². The molecule has 3 rings (SSSR count). The van der Waals surface area contributed by atoms with E-state index in [1.807, 2.05) is 6.92 Å². The van der Waals surface area contributed by atoms with Crippen LogP contribution in [0.15, 0.2) is 65.4 Å². The van der Waals surface area contributed by atoms with Crippen LogP contribution in [0, 0.1) is 12.7 Å². The Morgan fingerprint density at radius 3 is 2.52 bits per heavy atom. The van der Waals surface area contributed by atoms with E-state index in [9.17, 15) is 17.6 Å². The lowest BCUT2D eigenvalue weighted by Gasteiger charge is -2.16. The predicted molar refractivity (Wildman–Crippen MR) is 120 cm³/mol. The maximum Gasteiger partial charge on any atom is 0.254 e. The summed E-state index contributed by atoms with van der Waals surface area (Å²) in [4.78, 5) is 12.3. The molecule has 0 spiro atoms. The van der Waals surface area contributed by atoms with Crippen molar-refractivity contribution in [2.24, 2.45) is 7.05 Å². The zero-order valence-electron chi connectivity index (χ0n) is 17.5. The Balaban J connectivity index is 2.18. The molecule has 0 aliphatic rings. The van der Waals surface area contributed by atoms with Crippen LogP contribution < -0.4 is 15.0 Å². The molecule has 3 aromatic rings. The largest absolute Gasteiger partial charge is 0.454 e. The molecule has 8 heteroatoms. The van der Waals surface area contributed by atoms with E-state index in [-0.39, 0.29) is 17.0 Å². The Bertz CT molecular complexity index is 1310. The zero-order chi connectivity index (χ0) is 22.8. The first-order valence-electron chi connectivity index (χ1n) is 9.56. The number of rotatable bonds is 7. The fourth-order valence-corrected chi connectivity index (χ4v) is 3.64. The third-order valence-electron chi connectivity index (χ3n) is 4.72. The summed E-state index contributed by atoms with van der Waals surface area (Å²) < 4.78 is 47.9. The number of ether oxygens (including phenoxy) is 1. The van der Waals surface area contributed by atoms with Gasteiger partial charge >= 0.3 is 0 Å². The van der Waals surface area contributed by atoms with Crippen molar-refractivity contribution < 1.29 is 17.5 Å². The lowest BCUT2D eigenvalue weighted by Crippen LogP contribution is -2.20. The van der Waals surface area contributed by atoms with Crippen LogP contribution in [-0.2, 0) is 23.5 Å². The molecule has 1 heterocycles. The molecule has 0 bridgehead atoms. The molecule has 6 nitrogen and oxygen atoms in total. The first kappa shape index (κ1) is 22.3. The van der Waals surface area contributed by atoms with Crippen LogP contribution in [0.5, 0.6) is 11.5 Å². The van der Waals surface area contributed by atoms with E-state index < -0.39 is 15.8 Å². The molecule has 0 amide bonds. The molecule has 0 radical (unpaired) electrons. The van der Waals surface area contributed by atoms with Crippen LogP contribution in [0.1, 0.15) is 18.1 Å². The van der Waals surface area contributed by atoms with Crippen LogP contribution in [0.4, 0.5) is 10.1 Å². The number of pyridine rings is 1. The summed E-state index contributed by atoms with van der Waals surface area (Å²) in [5, 5.41) is 0.806. The number of hydrogen-bond acceptors (Lipinski definition) is 4. The topological polar surface area (TPSA) is 77.4 Å². The van der Waals surface area contributed by atoms with E-state index in [0.717, 1.165) is 11.0 Å². The average Bonchev–Trinajstić information content (AvgIpc) is 2.72. The number of anilines is 1. The highest BCUT2D eigenvalue weighted by Crippen LogP contribution is 2.36. The van der Waals surface area contributed by atoms with Crippen LogP contribution >= 0.6 is 0 Å². The van der Waals surface area contributed by atoms with E-state index >= 15 is 0 Å². The van der Waals surface area contributed by atoms with Gasteiger partial charge in [0.05, 0.1) is 0 Å². The normalized spacial score (nSPS) is 11.2. The van der Waals surface area contributed by atoms with Gasteiger partial charge in [0.2, 0.25) is 0 Å². The standard InChI is InChI=1S/C23H23FN2O4S/c1-5-16-12-17(14-26(4)23(16)27)19-13-18(25-31(28,29)6-2)8-10-21(19)30-22-9-7-15(3)11-20(22)24/h6-14,25H,2,5H2,1,3-4H3. The van der Waals surface area contributed by atoms with Gasteiger partial charge in [-0.1, -0.05) is 19.6 Å². The fraction of sp³-hybridized carbons (Fsp3) is 0.174. The number of halogens is 1. The Labute approximate surface area is 180 Å². The summed E-state index contributed by atoms with van der Waals surface area (Å²) in [5.74, 6) is -0.172. The molecule has 0 fully saturated rings. The zero-order valence-corrected chi connectivity index (χ0v) is 18.3. The number of sulfonamides is 1. The highest BCUT2D eigenvalue weighted by atomic mass is 32.2. The van der Waals surface area contributed by atoms with Crippen molar-refractivity contribution in [3.8, 4) is 22.6 Å². The summed E-state index contributed by atoms with van der Waals surface area (Å²) in [6.45, 7) is 6.93. The Kier molecular flexibility index (Phi) is 6.31. The van der Waals surface area contributed by atoms with E-state index in [2.05, 4.69) is 11.3 Å². The first-order valence-corrected chi connectivity index (χ1v) is 11.1. The van der Waals surface area contributed by atoms with Gasteiger partial charge < -0.3 is 9.30 Å². The number of nitrogens with one attached hydrogen (secondary N) is 1. The lowest BCUT2D eigenvalue weighted by atomic mass is 10.0. The number of aryl methyl sites for hydroxylation is 3. The average molecular weight is 443 g/mol. The van der Waals surface area contributed by atoms with E-state index in [1.54, 1.807) is 44.4 Å².